The molecule has 1 nitrogen and oxygen atoms in total. The van der Waals surface area contributed by atoms with E-state index in [4.69, 9.17) is 0 Å². The maximum Gasteiger partial charge on any atom is 0.0468 e. The summed E-state index contributed by atoms with van der Waals surface area (Å²) in [5, 5.41) is 2.64. The number of hydrogen-bond donors (Lipinski definition) is 0. The molecule has 1 aromatic heterocycles. The van der Waals surface area contributed by atoms with Crippen molar-refractivity contribution in [2.24, 2.45) is 0 Å². The second-order valence-electron chi connectivity index (χ2n) is 16.7. The highest BCUT2D eigenvalue weighted by Gasteiger charge is 2.42. The molecule has 0 saturated carbocycles. The van der Waals surface area contributed by atoms with Gasteiger partial charge in [-0.1, -0.05) is 170 Å². The molecular weight excluding hydrogens is 743 g/mol. The molecule has 0 saturated heterocycles. The molecule has 9 aromatic carbocycles. The number of fused-ring (bicyclic) bond motifs is 9. The lowest BCUT2D eigenvalue weighted by molar-refractivity contribution is 0.714. The zero-order valence-corrected chi connectivity index (χ0v) is 34.4. The predicted molar refractivity (Wildman–Crippen MR) is 254 cm³/mol. The van der Waals surface area contributed by atoms with E-state index in [1.165, 1.54) is 86.9 Å². The van der Waals surface area contributed by atoms with Gasteiger partial charge in [0, 0.05) is 48.1 Å². The highest BCUT2D eigenvalue weighted by Crippen LogP contribution is 2.56. The van der Waals surface area contributed by atoms with Crippen molar-refractivity contribution in [3.8, 4) is 33.4 Å². The first-order valence-electron chi connectivity index (χ1n) is 20.9. The maximum atomic E-state index is 2.46. The van der Waals surface area contributed by atoms with Crippen molar-refractivity contribution < 1.29 is 0 Å². The first-order valence-corrected chi connectivity index (χ1v) is 21.7. The standard InChI is InChI=1S/C58H41NS/c1-57(39-16-5-3-6-17-39)51-25-12-9-20-45(51)49-36-42(32-34-53(49)57)59(41-30-28-38(29-31-41)44-23-15-24-48-47-22-11-14-27-55(47)60-56(44)48)43-33-35-54-50(37-43)46-21-10-13-26-52(46)58(54,2)40-18-7-4-8-19-40/h3-37H,1-2H3. The molecule has 0 bridgehead atoms. The Labute approximate surface area is 355 Å². The van der Waals surface area contributed by atoms with E-state index >= 15 is 0 Å². The number of rotatable bonds is 6. The fraction of sp³-hybridized carbons (Fsp3) is 0.0690. The molecule has 2 unspecified atom stereocenters. The van der Waals surface area contributed by atoms with Gasteiger partial charge < -0.3 is 4.90 Å². The van der Waals surface area contributed by atoms with Crippen LogP contribution in [0.25, 0.3) is 53.6 Å². The van der Waals surface area contributed by atoms with E-state index in [2.05, 4.69) is 231 Å². The van der Waals surface area contributed by atoms with Gasteiger partial charge in [0.25, 0.3) is 0 Å². The van der Waals surface area contributed by atoms with Gasteiger partial charge in [-0.05, 0) is 123 Å². The molecule has 0 fully saturated rings. The molecule has 60 heavy (non-hydrogen) atoms. The summed E-state index contributed by atoms with van der Waals surface area (Å²) in [6.07, 6.45) is 0. The van der Waals surface area contributed by atoms with Crippen LogP contribution in [0.1, 0.15) is 47.2 Å². The van der Waals surface area contributed by atoms with Gasteiger partial charge in [-0.3, -0.25) is 0 Å². The van der Waals surface area contributed by atoms with Crippen molar-refractivity contribution >= 4 is 48.6 Å². The fourth-order valence-corrected chi connectivity index (χ4v) is 11.9. The van der Waals surface area contributed by atoms with Crippen LogP contribution in [0.5, 0.6) is 0 Å². The monoisotopic (exact) mass is 783 g/mol. The number of thiophene rings is 1. The quantitative estimate of drug-likeness (QED) is 0.162. The number of anilines is 3. The number of hydrogen-bond acceptors (Lipinski definition) is 2. The lowest BCUT2D eigenvalue weighted by atomic mass is 9.74. The first kappa shape index (κ1) is 35.0. The molecule has 2 aliphatic rings. The molecule has 2 atom stereocenters. The van der Waals surface area contributed by atoms with Crippen LogP contribution in [0, 0.1) is 0 Å². The molecule has 10 aromatic rings. The van der Waals surface area contributed by atoms with Gasteiger partial charge in [0.15, 0.2) is 0 Å². The first-order chi connectivity index (χ1) is 29.5. The third-order valence-corrected chi connectivity index (χ3v) is 14.9. The molecule has 0 spiro atoms. The summed E-state index contributed by atoms with van der Waals surface area (Å²) in [6.45, 7) is 4.78. The van der Waals surface area contributed by atoms with Crippen LogP contribution in [0.15, 0.2) is 212 Å². The van der Waals surface area contributed by atoms with Crippen molar-refractivity contribution in [2.75, 3.05) is 4.90 Å². The van der Waals surface area contributed by atoms with Crippen LogP contribution in [0.2, 0.25) is 0 Å². The average Bonchev–Trinajstić information content (AvgIpc) is 3.92. The van der Waals surface area contributed by atoms with E-state index < -0.39 is 0 Å². The molecule has 1 heterocycles. The van der Waals surface area contributed by atoms with Crippen LogP contribution in [-0.4, -0.2) is 0 Å². The maximum absolute atomic E-state index is 2.46. The summed E-state index contributed by atoms with van der Waals surface area (Å²) in [5.41, 5.74) is 18.5. The summed E-state index contributed by atoms with van der Waals surface area (Å²) in [7, 11) is 0. The van der Waals surface area contributed by atoms with Gasteiger partial charge in [0.2, 0.25) is 0 Å². The Morgan fingerprint density at radius 1 is 0.350 bits per heavy atom. The Bertz CT molecular complexity index is 3140. The minimum atomic E-state index is -0.259. The van der Waals surface area contributed by atoms with Gasteiger partial charge in [-0.25, -0.2) is 0 Å². The van der Waals surface area contributed by atoms with Gasteiger partial charge in [0.05, 0.1) is 0 Å². The molecule has 12 rings (SSSR count). The Balaban J connectivity index is 1.05. The summed E-state index contributed by atoms with van der Waals surface area (Å²) in [6, 6.07) is 79.0. The molecule has 2 heteroatoms. The normalized spacial score (nSPS) is 17.3. The van der Waals surface area contributed by atoms with E-state index in [0.29, 0.717) is 0 Å². The molecule has 0 N–H and O–H groups in total. The van der Waals surface area contributed by atoms with Crippen molar-refractivity contribution in [1.82, 2.24) is 0 Å². The van der Waals surface area contributed by atoms with Crippen LogP contribution < -0.4 is 4.90 Å². The minimum absolute atomic E-state index is 0.259. The Morgan fingerprint density at radius 3 is 1.38 bits per heavy atom. The zero-order valence-electron chi connectivity index (χ0n) is 33.6. The zero-order chi connectivity index (χ0) is 40.0. The van der Waals surface area contributed by atoms with Gasteiger partial charge in [-0.2, -0.15) is 0 Å². The minimum Gasteiger partial charge on any atom is -0.310 e. The second kappa shape index (κ2) is 13.3. The number of benzene rings is 9. The third kappa shape index (κ3) is 4.98. The van der Waals surface area contributed by atoms with Crippen molar-refractivity contribution in [2.45, 2.75) is 24.7 Å². The van der Waals surface area contributed by atoms with E-state index in [1.807, 2.05) is 11.3 Å². The van der Waals surface area contributed by atoms with E-state index in [-0.39, 0.29) is 10.8 Å². The molecule has 0 amide bonds. The van der Waals surface area contributed by atoms with Crippen molar-refractivity contribution in [1.29, 1.82) is 0 Å². The number of nitrogens with zero attached hydrogens (tertiary/aromatic N) is 1. The van der Waals surface area contributed by atoms with Crippen LogP contribution in [0.3, 0.4) is 0 Å². The van der Waals surface area contributed by atoms with Gasteiger partial charge in [-0.15, -0.1) is 11.3 Å². The summed E-state index contributed by atoms with van der Waals surface area (Å²) >= 11 is 1.88. The molecule has 0 radical (unpaired) electrons. The lowest BCUT2D eigenvalue weighted by Gasteiger charge is -2.30. The fourth-order valence-electron chi connectivity index (χ4n) is 10.6. The molecule has 2 aliphatic carbocycles. The Hall–Kier alpha value is -7.00. The average molecular weight is 784 g/mol. The van der Waals surface area contributed by atoms with Crippen molar-refractivity contribution in [3.63, 3.8) is 0 Å². The van der Waals surface area contributed by atoms with Gasteiger partial charge in [0.1, 0.15) is 0 Å². The van der Waals surface area contributed by atoms with Crippen LogP contribution in [-0.2, 0) is 10.8 Å². The Morgan fingerprint density at radius 2 is 0.800 bits per heavy atom. The van der Waals surface area contributed by atoms with E-state index in [0.717, 1.165) is 17.1 Å². The lowest BCUT2D eigenvalue weighted by Crippen LogP contribution is -2.22. The highest BCUT2D eigenvalue weighted by molar-refractivity contribution is 7.26. The SMILES string of the molecule is CC1(c2ccccc2)c2ccccc2-c2cc(N(c3ccc(-c4cccc5c4sc4ccccc45)cc3)c3ccc4c(c3)-c3ccccc3C4(C)c3ccccc3)ccc21. The van der Waals surface area contributed by atoms with Gasteiger partial charge >= 0.3 is 0 Å². The summed E-state index contributed by atoms with van der Waals surface area (Å²) in [4.78, 5) is 2.46. The molecular formula is C58H41NS. The van der Waals surface area contributed by atoms with Crippen LogP contribution in [0.4, 0.5) is 17.1 Å². The Kier molecular flexibility index (Phi) is 7.73. The largest absolute Gasteiger partial charge is 0.310 e. The van der Waals surface area contributed by atoms with Crippen molar-refractivity contribution in [3.05, 3.63) is 246 Å². The molecule has 0 aliphatic heterocycles. The summed E-state index contributed by atoms with van der Waals surface area (Å²) in [5.74, 6) is 0. The summed E-state index contributed by atoms with van der Waals surface area (Å²) < 4.78 is 2.66. The molecule has 284 valence electrons. The third-order valence-electron chi connectivity index (χ3n) is 13.7. The predicted octanol–water partition coefficient (Wildman–Crippen LogP) is 15.9. The van der Waals surface area contributed by atoms with E-state index in [1.54, 1.807) is 0 Å². The topological polar surface area (TPSA) is 3.24 Å². The van der Waals surface area contributed by atoms with E-state index in [9.17, 15) is 0 Å². The second-order valence-corrected chi connectivity index (χ2v) is 17.7. The highest BCUT2D eigenvalue weighted by atomic mass is 32.1. The van der Waals surface area contributed by atoms with Crippen LogP contribution >= 0.6 is 11.3 Å². The smallest absolute Gasteiger partial charge is 0.0468 e.